The maximum atomic E-state index is 6.08. The Balaban J connectivity index is 1.98. The highest BCUT2D eigenvalue weighted by molar-refractivity contribution is 9.10. The molecule has 3 heteroatoms. The van der Waals surface area contributed by atoms with Gasteiger partial charge in [-0.2, -0.15) is 0 Å². The number of piperidine rings is 1. The van der Waals surface area contributed by atoms with Crippen molar-refractivity contribution in [1.82, 2.24) is 5.32 Å². The van der Waals surface area contributed by atoms with Crippen molar-refractivity contribution in [2.24, 2.45) is 0 Å². The first-order valence-corrected chi connectivity index (χ1v) is 8.12. The van der Waals surface area contributed by atoms with E-state index in [4.69, 9.17) is 4.74 Å². The number of hydrogen-bond acceptors (Lipinski definition) is 2. The molecule has 1 saturated heterocycles. The van der Waals surface area contributed by atoms with Gasteiger partial charge in [0.1, 0.15) is 11.5 Å². The molecule has 2 aliphatic heterocycles. The molecule has 0 aliphatic carbocycles. The number of benzene rings is 2. The minimum Gasteiger partial charge on any atom is -0.456 e. The van der Waals surface area contributed by atoms with Crippen molar-refractivity contribution < 1.29 is 4.74 Å². The van der Waals surface area contributed by atoms with E-state index in [1.807, 2.05) is 12.1 Å². The minimum absolute atomic E-state index is 0.956. The molecular formula is C18H16BrNO. The van der Waals surface area contributed by atoms with Crippen molar-refractivity contribution in [3.63, 3.8) is 0 Å². The van der Waals surface area contributed by atoms with E-state index in [0.29, 0.717) is 0 Å². The number of para-hydroxylation sites is 1. The second-order valence-corrected chi connectivity index (χ2v) is 6.38. The number of nitrogens with one attached hydrogen (secondary N) is 1. The summed E-state index contributed by atoms with van der Waals surface area (Å²) >= 11 is 3.59. The van der Waals surface area contributed by atoms with Crippen LogP contribution in [0.5, 0.6) is 11.5 Å². The van der Waals surface area contributed by atoms with Gasteiger partial charge in [0.05, 0.1) is 0 Å². The number of ether oxygens (including phenoxy) is 1. The van der Waals surface area contributed by atoms with E-state index >= 15 is 0 Å². The van der Waals surface area contributed by atoms with E-state index < -0.39 is 0 Å². The normalized spacial score (nSPS) is 17.0. The third kappa shape index (κ3) is 2.30. The average Bonchev–Trinajstić information content (AvgIpc) is 2.53. The van der Waals surface area contributed by atoms with Crippen molar-refractivity contribution in [2.75, 3.05) is 13.1 Å². The lowest BCUT2D eigenvalue weighted by atomic mass is 9.86. The summed E-state index contributed by atoms with van der Waals surface area (Å²) in [4.78, 5) is 0. The fraction of sp³-hybridized carbons (Fsp3) is 0.222. The smallest absolute Gasteiger partial charge is 0.135 e. The topological polar surface area (TPSA) is 21.3 Å². The summed E-state index contributed by atoms with van der Waals surface area (Å²) < 4.78 is 7.18. The zero-order chi connectivity index (χ0) is 14.2. The van der Waals surface area contributed by atoms with E-state index in [2.05, 4.69) is 51.6 Å². The lowest BCUT2D eigenvalue weighted by Gasteiger charge is -2.27. The SMILES string of the molecule is Brc1ccc2c(c1)C(=C1CCNCC1)c1ccccc1O2. The summed E-state index contributed by atoms with van der Waals surface area (Å²) in [6.45, 7) is 2.12. The number of hydrogen-bond donors (Lipinski definition) is 1. The summed E-state index contributed by atoms with van der Waals surface area (Å²) in [5, 5.41) is 3.44. The van der Waals surface area contributed by atoms with Gasteiger partial charge in [-0.15, -0.1) is 0 Å². The van der Waals surface area contributed by atoms with Crippen LogP contribution in [0.4, 0.5) is 0 Å². The molecule has 1 N–H and O–H groups in total. The van der Waals surface area contributed by atoms with E-state index in [1.54, 1.807) is 0 Å². The molecule has 21 heavy (non-hydrogen) atoms. The average molecular weight is 342 g/mol. The van der Waals surface area contributed by atoms with Gasteiger partial charge < -0.3 is 10.1 Å². The molecule has 106 valence electrons. The highest BCUT2D eigenvalue weighted by Crippen LogP contribution is 2.46. The maximum absolute atomic E-state index is 6.08. The van der Waals surface area contributed by atoms with E-state index in [9.17, 15) is 0 Å². The maximum Gasteiger partial charge on any atom is 0.135 e. The summed E-state index contributed by atoms with van der Waals surface area (Å²) in [5.74, 6) is 1.92. The Morgan fingerprint density at radius 2 is 1.67 bits per heavy atom. The van der Waals surface area contributed by atoms with Gasteiger partial charge in [-0.3, -0.25) is 0 Å². The zero-order valence-electron chi connectivity index (χ0n) is 11.7. The molecule has 0 aromatic heterocycles. The van der Waals surface area contributed by atoms with E-state index in [0.717, 1.165) is 41.9 Å². The van der Waals surface area contributed by atoms with Crippen LogP contribution < -0.4 is 10.1 Å². The molecule has 0 atom stereocenters. The van der Waals surface area contributed by atoms with Crippen LogP contribution in [0.1, 0.15) is 24.0 Å². The second kappa shape index (κ2) is 5.32. The molecule has 0 spiro atoms. The fourth-order valence-electron chi connectivity index (χ4n) is 3.17. The van der Waals surface area contributed by atoms with Crippen molar-refractivity contribution in [3.8, 4) is 11.5 Å². The number of rotatable bonds is 0. The van der Waals surface area contributed by atoms with E-state index in [-0.39, 0.29) is 0 Å². The summed E-state index contributed by atoms with van der Waals surface area (Å²) in [6, 6.07) is 14.6. The summed E-state index contributed by atoms with van der Waals surface area (Å²) in [5.41, 5.74) is 5.33. The number of halogens is 1. The Kier molecular flexibility index (Phi) is 3.32. The molecule has 1 fully saturated rings. The van der Waals surface area contributed by atoms with Crippen LogP contribution in [0.25, 0.3) is 5.57 Å². The lowest BCUT2D eigenvalue weighted by molar-refractivity contribution is 0.473. The Morgan fingerprint density at radius 3 is 2.52 bits per heavy atom. The largest absolute Gasteiger partial charge is 0.456 e. The summed E-state index contributed by atoms with van der Waals surface area (Å²) in [6.07, 6.45) is 2.21. The molecule has 2 heterocycles. The molecule has 2 aromatic carbocycles. The highest BCUT2D eigenvalue weighted by atomic mass is 79.9. The Labute approximate surface area is 133 Å². The minimum atomic E-state index is 0.956. The summed E-state index contributed by atoms with van der Waals surface area (Å²) in [7, 11) is 0. The molecular weight excluding hydrogens is 326 g/mol. The van der Waals surface area contributed by atoms with Gasteiger partial charge in [0.15, 0.2) is 0 Å². The Morgan fingerprint density at radius 1 is 0.905 bits per heavy atom. The predicted octanol–water partition coefficient (Wildman–Crippen LogP) is 4.74. The standard InChI is InChI=1S/C18H16BrNO/c19-13-5-6-17-15(11-13)18(12-7-9-20-10-8-12)14-3-1-2-4-16(14)21-17/h1-6,11,20H,7-10H2. The molecule has 2 nitrogen and oxygen atoms in total. The van der Waals surface area contributed by atoms with Crippen LogP contribution in [-0.2, 0) is 0 Å². The molecule has 0 radical (unpaired) electrons. The van der Waals surface area contributed by atoms with Crippen molar-refractivity contribution in [2.45, 2.75) is 12.8 Å². The Hall–Kier alpha value is -1.58. The van der Waals surface area contributed by atoms with Crippen molar-refractivity contribution in [3.05, 3.63) is 63.6 Å². The molecule has 0 amide bonds. The molecule has 2 aliphatic rings. The second-order valence-electron chi connectivity index (χ2n) is 5.47. The number of fused-ring (bicyclic) bond motifs is 2. The first kappa shape index (κ1) is 13.1. The van der Waals surface area contributed by atoms with Gasteiger partial charge in [-0.05, 0) is 55.8 Å². The molecule has 0 unspecified atom stereocenters. The molecule has 0 saturated carbocycles. The van der Waals surface area contributed by atoms with Crippen LogP contribution >= 0.6 is 15.9 Å². The molecule has 4 rings (SSSR count). The van der Waals surface area contributed by atoms with Gasteiger partial charge >= 0.3 is 0 Å². The van der Waals surface area contributed by atoms with Gasteiger partial charge in [0, 0.05) is 15.6 Å². The van der Waals surface area contributed by atoms with E-state index in [1.165, 1.54) is 22.3 Å². The zero-order valence-corrected chi connectivity index (χ0v) is 13.2. The van der Waals surface area contributed by atoms with Gasteiger partial charge in [-0.25, -0.2) is 0 Å². The van der Waals surface area contributed by atoms with Crippen molar-refractivity contribution in [1.29, 1.82) is 0 Å². The third-order valence-corrected chi connectivity index (χ3v) is 4.64. The fourth-order valence-corrected chi connectivity index (χ4v) is 3.53. The van der Waals surface area contributed by atoms with Crippen LogP contribution in [0.15, 0.2) is 52.5 Å². The van der Waals surface area contributed by atoms with Crippen LogP contribution in [0.2, 0.25) is 0 Å². The van der Waals surface area contributed by atoms with Crippen molar-refractivity contribution >= 4 is 21.5 Å². The predicted molar refractivity (Wildman–Crippen MR) is 88.8 cm³/mol. The molecule has 2 aromatic rings. The van der Waals surface area contributed by atoms with Crippen LogP contribution in [0.3, 0.4) is 0 Å². The van der Waals surface area contributed by atoms with Gasteiger partial charge in [-0.1, -0.05) is 39.7 Å². The van der Waals surface area contributed by atoms with Gasteiger partial charge in [0.25, 0.3) is 0 Å². The first-order chi connectivity index (χ1) is 10.3. The lowest BCUT2D eigenvalue weighted by Crippen LogP contribution is -2.24. The monoisotopic (exact) mass is 341 g/mol. The molecule has 0 bridgehead atoms. The Bertz CT molecular complexity index is 728. The van der Waals surface area contributed by atoms with Crippen LogP contribution in [-0.4, -0.2) is 13.1 Å². The highest BCUT2D eigenvalue weighted by Gasteiger charge is 2.25. The quantitative estimate of drug-likeness (QED) is 0.637. The third-order valence-electron chi connectivity index (χ3n) is 4.15. The first-order valence-electron chi connectivity index (χ1n) is 7.33. The van der Waals surface area contributed by atoms with Gasteiger partial charge in [0.2, 0.25) is 0 Å². The van der Waals surface area contributed by atoms with Crippen LogP contribution in [0, 0.1) is 0 Å².